The largest absolute Gasteiger partial charge is 0.314 e. The van der Waals surface area contributed by atoms with Crippen molar-refractivity contribution >= 4 is 27.5 Å². The molecule has 1 heterocycles. The average molecular weight is 331 g/mol. The molecule has 4 heteroatoms. The monoisotopic (exact) mass is 330 g/mol. The predicted molar refractivity (Wildman–Crippen MR) is 83.3 cm³/mol. The number of nitrogens with two attached hydrogens (primary N) is 1. The van der Waals surface area contributed by atoms with Gasteiger partial charge in [-0.15, -0.1) is 0 Å². The fraction of sp³-hybridized carbons (Fsp3) is 0.188. The van der Waals surface area contributed by atoms with Crippen LogP contribution in [0.2, 0.25) is 0 Å². The molecule has 3 rings (SSSR count). The van der Waals surface area contributed by atoms with E-state index in [1.807, 2.05) is 48.5 Å². The lowest BCUT2D eigenvalue weighted by atomic mass is 9.95. The smallest absolute Gasteiger partial charge is 0.251 e. The number of rotatable bonds is 2. The van der Waals surface area contributed by atoms with Gasteiger partial charge in [-0.1, -0.05) is 42.5 Å². The SMILES string of the molecule is C[C@]1(N)C(=O)N(Cc2ccccc2)c2c(Br)cccc21. The summed E-state index contributed by atoms with van der Waals surface area (Å²) in [4.78, 5) is 14.4. The summed E-state index contributed by atoms with van der Waals surface area (Å²) in [6.45, 7) is 2.30. The maximum absolute atomic E-state index is 12.6. The van der Waals surface area contributed by atoms with Crippen molar-refractivity contribution in [1.29, 1.82) is 0 Å². The topological polar surface area (TPSA) is 46.3 Å². The van der Waals surface area contributed by atoms with Crippen LogP contribution in [0.15, 0.2) is 53.0 Å². The quantitative estimate of drug-likeness (QED) is 0.919. The van der Waals surface area contributed by atoms with Crippen LogP contribution in [0.3, 0.4) is 0 Å². The van der Waals surface area contributed by atoms with E-state index in [2.05, 4.69) is 15.9 Å². The number of para-hydroxylation sites is 1. The number of carbonyl (C=O) groups excluding carboxylic acids is 1. The van der Waals surface area contributed by atoms with Gasteiger partial charge in [-0.25, -0.2) is 0 Å². The molecule has 0 saturated heterocycles. The Labute approximate surface area is 126 Å². The van der Waals surface area contributed by atoms with Gasteiger partial charge >= 0.3 is 0 Å². The first-order chi connectivity index (χ1) is 9.51. The number of amides is 1. The maximum atomic E-state index is 12.6. The first-order valence-electron chi connectivity index (χ1n) is 6.45. The van der Waals surface area contributed by atoms with Crippen molar-refractivity contribution in [3.63, 3.8) is 0 Å². The third kappa shape index (κ3) is 1.96. The van der Waals surface area contributed by atoms with E-state index in [-0.39, 0.29) is 5.91 Å². The zero-order chi connectivity index (χ0) is 14.3. The Hall–Kier alpha value is -1.65. The van der Waals surface area contributed by atoms with Gasteiger partial charge < -0.3 is 10.6 Å². The summed E-state index contributed by atoms with van der Waals surface area (Å²) in [6.07, 6.45) is 0. The lowest BCUT2D eigenvalue weighted by Crippen LogP contribution is -2.44. The summed E-state index contributed by atoms with van der Waals surface area (Å²) in [5.41, 5.74) is 8.10. The van der Waals surface area contributed by atoms with E-state index in [0.29, 0.717) is 6.54 Å². The number of carbonyl (C=O) groups is 1. The first-order valence-corrected chi connectivity index (χ1v) is 7.25. The standard InChI is InChI=1S/C16H15BrN2O/c1-16(18)12-8-5-9-13(17)14(12)19(15(16)20)10-11-6-3-2-4-7-11/h2-9H,10,18H2,1H3/t16-/m1/s1. The van der Waals surface area contributed by atoms with E-state index in [1.54, 1.807) is 11.8 Å². The van der Waals surface area contributed by atoms with Crippen molar-refractivity contribution in [1.82, 2.24) is 0 Å². The van der Waals surface area contributed by atoms with Crippen molar-refractivity contribution in [3.05, 3.63) is 64.1 Å². The Morgan fingerprint density at radius 2 is 1.85 bits per heavy atom. The zero-order valence-electron chi connectivity index (χ0n) is 11.1. The lowest BCUT2D eigenvalue weighted by Gasteiger charge is -2.20. The zero-order valence-corrected chi connectivity index (χ0v) is 12.7. The van der Waals surface area contributed by atoms with Gasteiger partial charge in [0, 0.05) is 10.0 Å². The number of nitrogens with zero attached hydrogens (tertiary/aromatic N) is 1. The van der Waals surface area contributed by atoms with Crippen LogP contribution in [0.5, 0.6) is 0 Å². The fourth-order valence-electron chi connectivity index (χ4n) is 2.62. The molecule has 102 valence electrons. The van der Waals surface area contributed by atoms with Gasteiger partial charge in [0.05, 0.1) is 12.2 Å². The van der Waals surface area contributed by atoms with Gasteiger partial charge in [0.1, 0.15) is 5.54 Å². The summed E-state index contributed by atoms with van der Waals surface area (Å²) in [5.74, 6) is -0.0664. The lowest BCUT2D eigenvalue weighted by molar-refractivity contribution is -0.122. The molecular formula is C16H15BrN2O. The van der Waals surface area contributed by atoms with E-state index in [0.717, 1.165) is 21.3 Å². The number of anilines is 1. The molecule has 1 atom stereocenters. The molecule has 0 aromatic heterocycles. The van der Waals surface area contributed by atoms with Crippen molar-refractivity contribution in [3.8, 4) is 0 Å². The highest BCUT2D eigenvalue weighted by molar-refractivity contribution is 9.10. The van der Waals surface area contributed by atoms with Gasteiger partial charge in [-0.05, 0) is 34.5 Å². The molecule has 2 N–H and O–H groups in total. The predicted octanol–water partition coefficient (Wildman–Crippen LogP) is 3.17. The van der Waals surface area contributed by atoms with Gasteiger partial charge in [-0.2, -0.15) is 0 Å². The molecular weight excluding hydrogens is 316 g/mol. The molecule has 1 aliphatic rings. The third-order valence-corrected chi connectivity index (χ3v) is 4.33. The van der Waals surface area contributed by atoms with E-state index < -0.39 is 5.54 Å². The van der Waals surface area contributed by atoms with E-state index in [1.165, 1.54) is 0 Å². The summed E-state index contributed by atoms with van der Waals surface area (Å²) in [5, 5.41) is 0. The fourth-order valence-corrected chi connectivity index (χ4v) is 3.20. The van der Waals surface area contributed by atoms with Crippen LogP contribution in [-0.2, 0) is 16.9 Å². The molecule has 2 aromatic rings. The van der Waals surface area contributed by atoms with Crippen LogP contribution in [-0.4, -0.2) is 5.91 Å². The van der Waals surface area contributed by atoms with Gasteiger partial charge in [0.15, 0.2) is 0 Å². The van der Waals surface area contributed by atoms with Crippen molar-refractivity contribution < 1.29 is 4.79 Å². The molecule has 0 unspecified atom stereocenters. The molecule has 2 aromatic carbocycles. The van der Waals surface area contributed by atoms with Crippen LogP contribution in [0.25, 0.3) is 0 Å². The minimum absolute atomic E-state index is 0.0664. The molecule has 0 saturated carbocycles. The van der Waals surface area contributed by atoms with Gasteiger partial charge in [0.25, 0.3) is 5.91 Å². The van der Waals surface area contributed by atoms with Crippen molar-refractivity contribution in [2.75, 3.05) is 4.90 Å². The number of hydrogen-bond acceptors (Lipinski definition) is 2. The second-order valence-corrected chi connectivity index (χ2v) is 6.07. The van der Waals surface area contributed by atoms with E-state index in [4.69, 9.17) is 5.73 Å². The van der Waals surface area contributed by atoms with E-state index in [9.17, 15) is 4.79 Å². The summed E-state index contributed by atoms with van der Waals surface area (Å²) >= 11 is 3.53. The highest BCUT2D eigenvalue weighted by Gasteiger charge is 2.45. The summed E-state index contributed by atoms with van der Waals surface area (Å²) in [7, 11) is 0. The molecule has 0 aliphatic carbocycles. The Morgan fingerprint density at radius 1 is 1.15 bits per heavy atom. The second kappa shape index (κ2) is 4.72. The molecule has 3 nitrogen and oxygen atoms in total. The molecule has 0 bridgehead atoms. The molecule has 20 heavy (non-hydrogen) atoms. The number of fused-ring (bicyclic) bond motifs is 1. The Kier molecular flexibility index (Phi) is 3.15. The van der Waals surface area contributed by atoms with E-state index >= 15 is 0 Å². The van der Waals surface area contributed by atoms with Gasteiger partial charge in [-0.3, -0.25) is 4.79 Å². The third-order valence-electron chi connectivity index (χ3n) is 3.69. The number of benzene rings is 2. The molecule has 0 radical (unpaired) electrons. The number of hydrogen-bond donors (Lipinski definition) is 1. The first kappa shape index (κ1) is 13.3. The highest BCUT2D eigenvalue weighted by atomic mass is 79.9. The van der Waals surface area contributed by atoms with Crippen LogP contribution in [0, 0.1) is 0 Å². The molecule has 1 aliphatic heterocycles. The van der Waals surface area contributed by atoms with Crippen molar-refractivity contribution in [2.45, 2.75) is 19.0 Å². The maximum Gasteiger partial charge on any atom is 0.251 e. The molecule has 1 amide bonds. The number of halogens is 1. The molecule has 0 spiro atoms. The Bertz CT molecular complexity index is 667. The summed E-state index contributed by atoms with van der Waals surface area (Å²) < 4.78 is 0.897. The summed E-state index contributed by atoms with van der Waals surface area (Å²) in [6, 6.07) is 15.7. The normalized spacial score (nSPS) is 21.1. The van der Waals surface area contributed by atoms with Crippen LogP contribution in [0.1, 0.15) is 18.1 Å². The minimum atomic E-state index is -0.964. The van der Waals surface area contributed by atoms with Crippen LogP contribution >= 0.6 is 15.9 Å². The minimum Gasteiger partial charge on any atom is -0.314 e. The second-order valence-electron chi connectivity index (χ2n) is 5.22. The Morgan fingerprint density at radius 3 is 2.55 bits per heavy atom. The average Bonchev–Trinajstić information content (AvgIpc) is 2.63. The Balaban J connectivity index is 2.08. The van der Waals surface area contributed by atoms with Crippen LogP contribution in [0.4, 0.5) is 5.69 Å². The van der Waals surface area contributed by atoms with Gasteiger partial charge in [0.2, 0.25) is 0 Å². The molecule has 0 fully saturated rings. The van der Waals surface area contributed by atoms with Crippen molar-refractivity contribution in [2.24, 2.45) is 5.73 Å². The highest BCUT2D eigenvalue weighted by Crippen LogP contribution is 2.43. The van der Waals surface area contributed by atoms with Crippen LogP contribution < -0.4 is 10.6 Å².